The van der Waals surface area contributed by atoms with Crippen LogP contribution in [0.5, 0.6) is 0 Å². The average molecular weight is 352 g/mol. The molecule has 0 aliphatic carbocycles. The van der Waals surface area contributed by atoms with Crippen LogP contribution in [-0.2, 0) is 24.9 Å². The van der Waals surface area contributed by atoms with E-state index in [0.717, 1.165) is 19.2 Å². The lowest BCUT2D eigenvalue weighted by atomic mass is 9.93. The molecule has 3 heterocycles. The Morgan fingerprint density at radius 1 is 1.16 bits per heavy atom. The maximum atomic E-state index is 14.0. The minimum Gasteiger partial charge on any atom is -0.370 e. The molecule has 4 rings (SSSR count). The van der Waals surface area contributed by atoms with Crippen LogP contribution in [-0.4, -0.2) is 33.4 Å². The lowest BCUT2D eigenvalue weighted by Crippen LogP contribution is -2.47. The lowest BCUT2D eigenvalue weighted by molar-refractivity contribution is -0.0534. The predicted octanol–water partition coefficient (Wildman–Crippen LogP) is 2.01. The second-order valence-electron chi connectivity index (χ2n) is 6.74. The van der Waals surface area contributed by atoms with Crippen molar-refractivity contribution in [3.8, 4) is 0 Å². The van der Waals surface area contributed by atoms with Crippen LogP contribution in [0.25, 0.3) is 0 Å². The highest BCUT2D eigenvalue weighted by atomic mass is 19.2. The molecule has 1 saturated heterocycles. The summed E-state index contributed by atoms with van der Waals surface area (Å²) in [6.45, 7) is 1.89. The van der Waals surface area contributed by atoms with Crippen molar-refractivity contribution in [3.63, 3.8) is 0 Å². The first-order valence-corrected chi connectivity index (χ1v) is 8.19. The van der Waals surface area contributed by atoms with Gasteiger partial charge in [0.2, 0.25) is 0 Å². The average Bonchev–Trinajstić information content (AvgIpc) is 3.14. The number of aromatic nitrogens is 2. The molecule has 2 aliphatic rings. The summed E-state index contributed by atoms with van der Waals surface area (Å²) in [7, 11) is 1.91. The highest BCUT2D eigenvalue weighted by Gasteiger charge is 2.37. The van der Waals surface area contributed by atoms with Crippen LogP contribution in [0.3, 0.4) is 0 Å². The molecule has 8 heteroatoms. The number of benzene rings is 1. The predicted molar refractivity (Wildman–Crippen MR) is 83.8 cm³/mol. The van der Waals surface area contributed by atoms with Crippen LogP contribution < -0.4 is 5.73 Å². The molecule has 134 valence electrons. The van der Waals surface area contributed by atoms with Crippen LogP contribution in [0, 0.1) is 17.5 Å². The second kappa shape index (κ2) is 6.12. The maximum Gasteiger partial charge on any atom is 0.161 e. The Morgan fingerprint density at radius 2 is 1.92 bits per heavy atom. The Morgan fingerprint density at radius 3 is 2.64 bits per heavy atom. The zero-order chi connectivity index (χ0) is 17.7. The second-order valence-corrected chi connectivity index (χ2v) is 6.74. The number of aryl methyl sites for hydroxylation is 1. The molecule has 25 heavy (non-hydrogen) atoms. The van der Waals surface area contributed by atoms with Crippen molar-refractivity contribution in [2.24, 2.45) is 12.8 Å². The van der Waals surface area contributed by atoms with Crippen LogP contribution in [0.1, 0.15) is 29.3 Å². The molecular weight excluding hydrogens is 333 g/mol. The molecule has 0 radical (unpaired) electrons. The SMILES string of the molecule is Cn1ncc2c1CN(C1CO[C@H](c3cc(F)c(F)cc3F)C(N)C1)C2. The normalized spacial score (nSPS) is 26.8. The smallest absolute Gasteiger partial charge is 0.161 e. The van der Waals surface area contributed by atoms with Crippen molar-refractivity contribution in [3.05, 3.63) is 52.6 Å². The van der Waals surface area contributed by atoms with E-state index < -0.39 is 29.6 Å². The third kappa shape index (κ3) is 2.84. The number of rotatable bonds is 2. The van der Waals surface area contributed by atoms with Crippen molar-refractivity contribution in [2.75, 3.05) is 6.61 Å². The molecule has 2 aromatic rings. The zero-order valence-electron chi connectivity index (χ0n) is 13.8. The number of nitrogens with two attached hydrogens (primary N) is 1. The molecule has 0 bridgehead atoms. The van der Waals surface area contributed by atoms with E-state index in [1.807, 2.05) is 17.9 Å². The van der Waals surface area contributed by atoms with Gasteiger partial charge in [0.15, 0.2) is 11.6 Å². The number of halogens is 3. The fourth-order valence-electron chi connectivity index (χ4n) is 3.74. The highest BCUT2D eigenvalue weighted by molar-refractivity contribution is 5.25. The van der Waals surface area contributed by atoms with Gasteiger partial charge < -0.3 is 10.5 Å². The van der Waals surface area contributed by atoms with Gasteiger partial charge in [-0.3, -0.25) is 9.58 Å². The molecule has 2 aliphatic heterocycles. The number of fused-ring (bicyclic) bond motifs is 1. The van der Waals surface area contributed by atoms with E-state index in [0.29, 0.717) is 19.1 Å². The summed E-state index contributed by atoms with van der Waals surface area (Å²) in [6.07, 6.45) is 1.67. The third-order valence-electron chi connectivity index (χ3n) is 5.14. The fourth-order valence-corrected chi connectivity index (χ4v) is 3.74. The van der Waals surface area contributed by atoms with Crippen molar-refractivity contribution < 1.29 is 17.9 Å². The van der Waals surface area contributed by atoms with E-state index in [4.69, 9.17) is 10.5 Å². The Balaban J connectivity index is 1.47. The van der Waals surface area contributed by atoms with Gasteiger partial charge in [-0.1, -0.05) is 0 Å². The summed E-state index contributed by atoms with van der Waals surface area (Å²) in [5.74, 6) is -3.15. The van der Waals surface area contributed by atoms with Crippen LogP contribution >= 0.6 is 0 Å². The van der Waals surface area contributed by atoms with Gasteiger partial charge >= 0.3 is 0 Å². The standard InChI is InChI=1S/C17H19F3N4O/c1-23-16-7-24(6-9(16)5-22-23)10-2-15(21)17(25-8-10)11-3-13(19)14(20)4-12(11)18/h3-5,10,15,17H,2,6-8,21H2,1H3/t10?,15?,17-/m1/s1. The van der Waals surface area contributed by atoms with E-state index in [9.17, 15) is 13.2 Å². The van der Waals surface area contributed by atoms with Crippen molar-refractivity contribution in [1.82, 2.24) is 14.7 Å². The number of hydrogen-bond acceptors (Lipinski definition) is 4. The van der Waals surface area contributed by atoms with Crippen molar-refractivity contribution in [2.45, 2.75) is 37.7 Å². The van der Waals surface area contributed by atoms with Gasteiger partial charge in [0.05, 0.1) is 18.5 Å². The van der Waals surface area contributed by atoms with Crippen molar-refractivity contribution >= 4 is 0 Å². The molecule has 3 atom stereocenters. The van der Waals surface area contributed by atoms with Gasteiger partial charge in [0, 0.05) is 49.4 Å². The number of nitrogens with zero attached hydrogens (tertiary/aromatic N) is 3. The first-order valence-electron chi connectivity index (χ1n) is 8.19. The maximum absolute atomic E-state index is 14.0. The summed E-state index contributed by atoms with van der Waals surface area (Å²) in [5, 5.41) is 4.24. The molecular formula is C17H19F3N4O. The van der Waals surface area contributed by atoms with E-state index in [1.165, 1.54) is 11.3 Å². The quantitative estimate of drug-likeness (QED) is 0.840. The molecule has 1 aromatic heterocycles. The Hall–Kier alpha value is -1.90. The third-order valence-corrected chi connectivity index (χ3v) is 5.14. The summed E-state index contributed by atoms with van der Waals surface area (Å²) >= 11 is 0. The van der Waals surface area contributed by atoms with Gasteiger partial charge in [-0.05, 0) is 12.5 Å². The van der Waals surface area contributed by atoms with E-state index in [1.54, 1.807) is 0 Å². The Labute approximate surface area is 143 Å². The summed E-state index contributed by atoms with van der Waals surface area (Å²) in [6, 6.07) is 0.969. The Bertz CT molecular complexity index is 809. The molecule has 0 spiro atoms. The number of hydrogen-bond donors (Lipinski definition) is 1. The van der Waals surface area contributed by atoms with Crippen LogP contribution in [0.15, 0.2) is 18.3 Å². The molecule has 1 aromatic carbocycles. The highest BCUT2D eigenvalue weighted by Crippen LogP contribution is 2.34. The van der Waals surface area contributed by atoms with Gasteiger partial charge in [0.25, 0.3) is 0 Å². The van der Waals surface area contributed by atoms with Crippen LogP contribution in [0.2, 0.25) is 0 Å². The van der Waals surface area contributed by atoms with Gasteiger partial charge in [-0.25, -0.2) is 13.2 Å². The van der Waals surface area contributed by atoms with Crippen molar-refractivity contribution in [1.29, 1.82) is 0 Å². The monoisotopic (exact) mass is 352 g/mol. The largest absolute Gasteiger partial charge is 0.370 e. The molecule has 5 nitrogen and oxygen atoms in total. The molecule has 2 N–H and O–H groups in total. The number of ether oxygens (including phenoxy) is 1. The molecule has 2 unspecified atom stereocenters. The summed E-state index contributed by atoms with van der Waals surface area (Å²) in [4.78, 5) is 2.25. The first-order chi connectivity index (χ1) is 11.9. The van der Waals surface area contributed by atoms with Gasteiger partial charge in [0.1, 0.15) is 11.9 Å². The molecule has 1 fully saturated rings. The molecule has 0 amide bonds. The summed E-state index contributed by atoms with van der Waals surface area (Å²) < 4.78 is 48.2. The Kier molecular flexibility index (Phi) is 4.05. The zero-order valence-corrected chi connectivity index (χ0v) is 13.8. The van der Waals surface area contributed by atoms with Gasteiger partial charge in [-0.2, -0.15) is 5.10 Å². The van der Waals surface area contributed by atoms with E-state index in [2.05, 4.69) is 10.00 Å². The minimum absolute atomic E-state index is 0.0289. The topological polar surface area (TPSA) is 56.3 Å². The van der Waals surface area contributed by atoms with Gasteiger partial charge in [-0.15, -0.1) is 0 Å². The van der Waals surface area contributed by atoms with E-state index in [-0.39, 0.29) is 11.6 Å². The van der Waals surface area contributed by atoms with E-state index >= 15 is 0 Å². The van der Waals surface area contributed by atoms with Crippen LogP contribution in [0.4, 0.5) is 13.2 Å². The summed E-state index contributed by atoms with van der Waals surface area (Å²) in [5.41, 5.74) is 8.51. The fraction of sp³-hybridized carbons (Fsp3) is 0.471. The molecule has 0 saturated carbocycles. The first kappa shape index (κ1) is 16.6. The lowest BCUT2D eigenvalue weighted by Gasteiger charge is -2.38. The minimum atomic E-state index is -1.22.